The molecule has 1 aromatic rings. The Morgan fingerprint density at radius 3 is 2.61 bits per heavy atom. The van der Waals surface area contributed by atoms with Gasteiger partial charge < -0.3 is 4.74 Å². The van der Waals surface area contributed by atoms with Crippen LogP contribution in [0.15, 0.2) is 29.8 Å². The van der Waals surface area contributed by atoms with Gasteiger partial charge >= 0.3 is 0 Å². The van der Waals surface area contributed by atoms with Gasteiger partial charge in [0.25, 0.3) is 0 Å². The maximum absolute atomic E-state index is 12.5. The molecule has 0 heterocycles. The highest BCUT2D eigenvalue weighted by atomic mass is 35.5. The monoisotopic (exact) mass is 332 g/mol. The maximum atomic E-state index is 12.5. The van der Waals surface area contributed by atoms with Crippen molar-refractivity contribution in [1.82, 2.24) is 0 Å². The van der Waals surface area contributed by atoms with E-state index in [0.29, 0.717) is 5.92 Å². The molecule has 2 atom stereocenters. The Morgan fingerprint density at radius 1 is 1.13 bits per heavy atom. The van der Waals surface area contributed by atoms with Crippen LogP contribution < -0.4 is 4.74 Å². The predicted octanol–water partition coefficient (Wildman–Crippen LogP) is 5.25. The number of para-hydroxylation sites is 1. The number of alkyl halides is 1. The third-order valence-corrected chi connectivity index (χ3v) is 5.75. The van der Waals surface area contributed by atoms with Crippen LogP contribution in [0.5, 0.6) is 5.75 Å². The summed E-state index contributed by atoms with van der Waals surface area (Å²) in [7, 11) is 1.66. The Kier molecular flexibility index (Phi) is 5.42. The quantitative estimate of drug-likeness (QED) is 0.558. The minimum absolute atomic E-state index is 0.102. The van der Waals surface area contributed by atoms with Gasteiger partial charge in [-0.3, -0.25) is 4.79 Å². The number of Topliss-reactive ketones (excluding diaryl/α,β-unsaturated/α-hetero) is 1. The fraction of sp³-hybridized carbons (Fsp3) is 0.550. The molecule has 3 rings (SSSR count). The van der Waals surface area contributed by atoms with Crippen molar-refractivity contribution < 1.29 is 9.53 Å². The van der Waals surface area contributed by atoms with Gasteiger partial charge in [-0.2, -0.15) is 0 Å². The SMILES string of the molecule is COc1ccccc1C=C1CC(C2CCCCC2)CC(Cl)C1=O. The first-order valence-electron chi connectivity index (χ1n) is 8.71. The zero-order valence-corrected chi connectivity index (χ0v) is 14.5. The van der Waals surface area contributed by atoms with Gasteiger partial charge in [-0.1, -0.05) is 50.3 Å². The van der Waals surface area contributed by atoms with Crippen LogP contribution in [0.25, 0.3) is 6.08 Å². The highest BCUT2D eigenvalue weighted by molar-refractivity contribution is 6.34. The minimum atomic E-state index is -0.364. The van der Waals surface area contributed by atoms with Crippen LogP contribution in [0.3, 0.4) is 0 Å². The van der Waals surface area contributed by atoms with Gasteiger partial charge in [0.15, 0.2) is 5.78 Å². The average molecular weight is 333 g/mol. The second-order valence-corrected chi connectivity index (χ2v) is 7.37. The number of allylic oxidation sites excluding steroid dienone is 1. The summed E-state index contributed by atoms with van der Waals surface area (Å²) in [6.45, 7) is 0. The van der Waals surface area contributed by atoms with Crippen molar-refractivity contribution in [3.05, 3.63) is 35.4 Å². The van der Waals surface area contributed by atoms with E-state index in [1.54, 1.807) is 7.11 Å². The van der Waals surface area contributed by atoms with Crippen LogP contribution in [-0.2, 0) is 4.79 Å². The summed E-state index contributed by atoms with van der Waals surface area (Å²) < 4.78 is 5.40. The number of methoxy groups -OCH3 is 1. The highest BCUT2D eigenvalue weighted by Gasteiger charge is 2.35. The molecule has 0 saturated heterocycles. The molecular weight excluding hydrogens is 308 g/mol. The van der Waals surface area contributed by atoms with E-state index in [9.17, 15) is 4.79 Å². The lowest BCUT2D eigenvalue weighted by atomic mass is 9.71. The molecule has 0 N–H and O–H groups in total. The first-order valence-corrected chi connectivity index (χ1v) is 9.14. The van der Waals surface area contributed by atoms with Gasteiger partial charge in [-0.05, 0) is 42.4 Å². The van der Waals surface area contributed by atoms with Crippen molar-refractivity contribution in [1.29, 1.82) is 0 Å². The van der Waals surface area contributed by atoms with E-state index >= 15 is 0 Å². The molecular formula is C20H25ClO2. The van der Waals surface area contributed by atoms with Crippen LogP contribution in [0, 0.1) is 11.8 Å². The van der Waals surface area contributed by atoms with Gasteiger partial charge in [0.2, 0.25) is 0 Å². The molecule has 2 unspecified atom stereocenters. The second-order valence-electron chi connectivity index (χ2n) is 6.84. The first kappa shape index (κ1) is 16.6. The molecule has 3 heteroatoms. The Hall–Kier alpha value is -1.28. The van der Waals surface area contributed by atoms with E-state index in [2.05, 4.69) is 0 Å². The van der Waals surface area contributed by atoms with Crippen molar-refractivity contribution in [3.8, 4) is 5.75 Å². The zero-order valence-electron chi connectivity index (χ0n) is 13.8. The summed E-state index contributed by atoms with van der Waals surface area (Å²) in [4.78, 5) is 12.5. The number of hydrogen-bond donors (Lipinski definition) is 0. The molecule has 0 bridgehead atoms. The number of benzene rings is 1. The van der Waals surface area contributed by atoms with E-state index in [1.165, 1.54) is 32.1 Å². The maximum Gasteiger partial charge on any atom is 0.176 e. The largest absolute Gasteiger partial charge is 0.496 e. The van der Waals surface area contributed by atoms with Crippen LogP contribution in [0.4, 0.5) is 0 Å². The van der Waals surface area contributed by atoms with Gasteiger partial charge in [0.1, 0.15) is 5.75 Å². The lowest BCUT2D eigenvalue weighted by Gasteiger charge is -2.35. The van der Waals surface area contributed by atoms with E-state index in [-0.39, 0.29) is 11.2 Å². The van der Waals surface area contributed by atoms with Gasteiger partial charge in [0.05, 0.1) is 12.5 Å². The molecule has 2 fully saturated rings. The number of rotatable bonds is 3. The summed E-state index contributed by atoms with van der Waals surface area (Å²) in [6, 6.07) is 7.83. The van der Waals surface area contributed by atoms with Crippen molar-refractivity contribution in [2.24, 2.45) is 11.8 Å². The lowest BCUT2D eigenvalue weighted by molar-refractivity contribution is -0.116. The Morgan fingerprint density at radius 2 is 1.87 bits per heavy atom. The van der Waals surface area contributed by atoms with Crippen LogP contribution >= 0.6 is 11.6 Å². The number of halogens is 1. The summed E-state index contributed by atoms with van der Waals surface area (Å²) in [5.74, 6) is 2.19. The molecule has 1 aromatic carbocycles. The molecule has 0 radical (unpaired) electrons. The molecule has 23 heavy (non-hydrogen) atoms. The van der Waals surface area contributed by atoms with Gasteiger partial charge in [-0.25, -0.2) is 0 Å². The number of carbonyl (C=O) groups is 1. The van der Waals surface area contributed by atoms with Crippen LogP contribution in [0.2, 0.25) is 0 Å². The average Bonchev–Trinajstić information content (AvgIpc) is 2.60. The molecule has 2 saturated carbocycles. The first-order chi connectivity index (χ1) is 11.2. The van der Waals surface area contributed by atoms with Crippen molar-refractivity contribution in [2.45, 2.75) is 50.3 Å². The van der Waals surface area contributed by atoms with Crippen LogP contribution in [0.1, 0.15) is 50.5 Å². The number of ketones is 1. The zero-order chi connectivity index (χ0) is 16.2. The fourth-order valence-corrected chi connectivity index (χ4v) is 4.48. The van der Waals surface area contributed by atoms with Gasteiger partial charge in [-0.15, -0.1) is 11.6 Å². The van der Waals surface area contributed by atoms with Crippen molar-refractivity contribution in [2.75, 3.05) is 7.11 Å². The van der Waals surface area contributed by atoms with E-state index in [4.69, 9.17) is 16.3 Å². The van der Waals surface area contributed by atoms with Crippen LogP contribution in [-0.4, -0.2) is 18.3 Å². The molecule has 2 nitrogen and oxygen atoms in total. The number of carbonyl (C=O) groups excluding carboxylic acids is 1. The highest BCUT2D eigenvalue weighted by Crippen LogP contribution is 2.41. The third kappa shape index (κ3) is 3.80. The third-order valence-electron chi connectivity index (χ3n) is 5.38. The van der Waals surface area contributed by atoms with E-state index in [0.717, 1.165) is 35.6 Å². The Labute approximate surface area is 143 Å². The normalized spacial score (nSPS) is 28.1. The summed E-state index contributed by atoms with van der Waals surface area (Å²) in [5.41, 5.74) is 1.84. The van der Waals surface area contributed by atoms with Gasteiger partial charge in [0, 0.05) is 5.56 Å². The number of hydrogen-bond acceptors (Lipinski definition) is 2. The standard InChI is InChI=1S/C20H25ClO2/c1-23-19-10-6-5-9-15(19)11-17-12-16(13-18(21)20(17)22)14-7-3-2-4-8-14/h5-6,9-11,14,16,18H,2-4,7-8,12-13H2,1H3. The molecule has 0 spiro atoms. The minimum Gasteiger partial charge on any atom is -0.496 e. The molecule has 0 aromatic heterocycles. The second kappa shape index (κ2) is 7.53. The molecule has 2 aliphatic carbocycles. The smallest absolute Gasteiger partial charge is 0.176 e. The fourth-order valence-electron chi connectivity index (χ4n) is 4.11. The molecule has 0 amide bonds. The summed E-state index contributed by atoms with van der Waals surface area (Å²) in [6.07, 6.45) is 10.3. The Balaban J connectivity index is 1.84. The Bertz CT molecular complexity index is 587. The van der Waals surface area contributed by atoms with E-state index < -0.39 is 0 Å². The predicted molar refractivity (Wildman–Crippen MR) is 94.9 cm³/mol. The molecule has 124 valence electrons. The number of ether oxygens (including phenoxy) is 1. The topological polar surface area (TPSA) is 26.3 Å². The van der Waals surface area contributed by atoms with Crippen molar-refractivity contribution in [3.63, 3.8) is 0 Å². The summed E-state index contributed by atoms with van der Waals surface area (Å²) >= 11 is 6.39. The lowest BCUT2D eigenvalue weighted by Crippen LogP contribution is -2.32. The molecule has 0 aliphatic heterocycles. The van der Waals surface area contributed by atoms with E-state index in [1.807, 2.05) is 30.3 Å². The molecule has 2 aliphatic rings. The van der Waals surface area contributed by atoms with Crippen molar-refractivity contribution >= 4 is 23.5 Å². The summed E-state index contributed by atoms with van der Waals surface area (Å²) in [5, 5.41) is -0.364.